The van der Waals surface area contributed by atoms with E-state index in [1.54, 1.807) is 0 Å². The molecule has 0 spiro atoms. The summed E-state index contributed by atoms with van der Waals surface area (Å²) in [7, 11) is 2.19. The fourth-order valence-electron chi connectivity index (χ4n) is 3.06. The molecule has 1 aromatic heterocycles. The van der Waals surface area contributed by atoms with Gasteiger partial charge in [-0.25, -0.2) is 4.98 Å². The Bertz CT molecular complexity index is 393. The maximum Gasteiger partial charge on any atom is 0.112 e. The Morgan fingerprint density at radius 2 is 2.00 bits per heavy atom. The molecule has 0 amide bonds. The second-order valence-corrected chi connectivity index (χ2v) is 5.48. The maximum absolute atomic E-state index is 9.66. The molecule has 17 heavy (non-hydrogen) atoms. The van der Waals surface area contributed by atoms with Crippen LogP contribution in [0.4, 0.5) is 0 Å². The highest BCUT2D eigenvalue weighted by atomic mass is 16.3. The van der Waals surface area contributed by atoms with Gasteiger partial charge in [0.25, 0.3) is 0 Å². The summed E-state index contributed by atoms with van der Waals surface area (Å²) in [6.45, 7) is 3.29. The molecule has 2 aliphatic rings. The van der Waals surface area contributed by atoms with E-state index in [4.69, 9.17) is 0 Å². The molecule has 1 N–H and O–H groups in total. The van der Waals surface area contributed by atoms with Crippen molar-refractivity contribution in [2.45, 2.75) is 44.2 Å². The molecule has 3 rings (SSSR count). The first-order chi connectivity index (χ1) is 8.24. The summed E-state index contributed by atoms with van der Waals surface area (Å²) in [6.07, 6.45) is 5.90. The lowest BCUT2D eigenvalue weighted by molar-refractivity contribution is 0.141. The van der Waals surface area contributed by atoms with Crippen LogP contribution >= 0.6 is 0 Å². The van der Waals surface area contributed by atoms with E-state index in [1.807, 2.05) is 6.20 Å². The first kappa shape index (κ1) is 11.2. The third kappa shape index (κ3) is 2.11. The van der Waals surface area contributed by atoms with Crippen LogP contribution in [0, 0.1) is 0 Å². The van der Waals surface area contributed by atoms with Crippen LogP contribution < -0.4 is 0 Å². The van der Waals surface area contributed by atoms with Crippen LogP contribution in [0.2, 0.25) is 0 Å². The van der Waals surface area contributed by atoms with E-state index in [0.29, 0.717) is 5.92 Å². The summed E-state index contributed by atoms with van der Waals surface area (Å²) in [5.74, 6) is 1.88. The average molecular weight is 235 g/mol. The van der Waals surface area contributed by atoms with E-state index in [9.17, 15) is 5.11 Å². The molecule has 1 unspecified atom stereocenters. The fourth-order valence-corrected chi connectivity index (χ4v) is 3.06. The van der Waals surface area contributed by atoms with Crippen LogP contribution in [-0.4, -0.2) is 45.8 Å². The van der Waals surface area contributed by atoms with E-state index in [2.05, 4.69) is 21.5 Å². The summed E-state index contributed by atoms with van der Waals surface area (Å²) in [5, 5.41) is 9.66. The zero-order valence-electron chi connectivity index (χ0n) is 10.5. The number of hydrogen-bond donors (Lipinski definition) is 1. The number of hydrogen-bond acceptors (Lipinski definition) is 3. The van der Waals surface area contributed by atoms with Gasteiger partial charge in [-0.05, 0) is 39.4 Å². The van der Waals surface area contributed by atoms with E-state index < -0.39 is 0 Å². The van der Waals surface area contributed by atoms with Crippen LogP contribution in [0.15, 0.2) is 6.20 Å². The molecule has 0 radical (unpaired) electrons. The number of piperidine rings is 1. The van der Waals surface area contributed by atoms with Gasteiger partial charge >= 0.3 is 0 Å². The van der Waals surface area contributed by atoms with Gasteiger partial charge in [-0.2, -0.15) is 0 Å². The summed E-state index contributed by atoms with van der Waals surface area (Å²) < 4.78 is 2.35. The normalized spacial score (nSPS) is 27.1. The largest absolute Gasteiger partial charge is 0.393 e. The first-order valence-corrected chi connectivity index (χ1v) is 6.65. The molecule has 1 aromatic rings. The van der Waals surface area contributed by atoms with Gasteiger partial charge in [0.15, 0.2) is 0 Å². The molecule has 1 fully saturated rings. The fraction of sp³-hybridized carbons (Fsp3) is 0.769. The lowest BCUT2D eigenvalue weighted by Gasteiger charge is -2.30. The van der Waals surface area contributed by atoms with Crippen molar-refractivity contribution in [3.63, 3.8) is 0 Å². The zero-order chi connectivity index (χ0) is 11.8. The van der Waals surface area contributed by atoms with Crippen molar-refractivity contribution >= 4 is 0 Å². The van der Waals surface area contributed by atoms with E-state index in [-0.39, 0.29) is 6.10 Å². The predicted octanol–water partition coefficient (Wildman–Crippen LogP) is 0.999. The molecule has 1 saturated heterocycles. The molecule has 0 aromatic carbocycles. The summed E-state index contributed by atoms with van der Waals surface area (Å²) in [6, 6.07) is 0. The minimum Gasteiger partial charge on any atom is -0.393 e. The molecule has 3 heterocycles. The van der Waals surface area contributed by atoms with Gasteiger partial charge in [0.05, 0.1) is 6.10 Å². The number of imidazole rings is 1. The quantitative estimate of drug-likeness (QED) is 0.789. The molecule has 4 heteroatoms. The van der Waals surface area contributed by atoms with Crippen LogP contribution in [0.25, 0.3) is 0 Å². The van der Waals surface area contributed by atoms with E-state index in [0.717, 1.165) is 19.4 Å². The predicted molar refractivity (Wildman–Crippen MR) is 66.0 cm³/mol. The molecular weight excluding hydrogens is 214 g/mol. The molecule has 0 saturated carbocycles. The Morgan fingerprint density at radius 1 is 1.24 bits per heavy atom. The Kier molecular flexibility index (Phi) is 2.92. The topological polar surface area (TPSA) is 41.3 Å². The smallest absolute Gasteiger partial charge is 0.112 e. The second-order valence-electron chi connectivity index (χ2n) is 5.48. The highest BCUT2D eigenvalue weighted by molar-refractivity contribution is 5.13. The number of aliphatic hydroxyl groups excluding tert-OH is 1. The van der Waals surface area contributed by atoms with Gasteiger partial charge < -0.3 is 14.6 Å². The zero-order valence-corrected chi connectivity index (χ0v) is 10.5. The third-order valence-electron chi connectivity index (χ3n) is 4.18. The van der Waals surface area contributed by atoms with Gasteiger partial charge in [0.2, 0.25) is 0 Å². The van der Waals surface area contributed by atoms with Crippen LogP contribution in [0.1, 0.15) is 36.7 Å². The Labute approximate surface area is 102 Å². The van der Waals surface area contributed by atoms with Crippen molar-refractivity contribution in [2.75, 3.05) is 20.1 Å². The molecule has 0 bridgehead atoms. The molecule has 4 nitrogen and oxygen atoms in total. The van der Waals surface area contributed by atoms with E-state index in [1.165, 1.54) is 37.4 Å². The van der Waals surface area contributed by atoms with Crippen molar-refractivity contribution < 1.29 is 5.11 Å². The van der Waals surface area contributed by atoms with Gasteiger partial charge in [-0.1, -0.05) is 0 Å². The molecule has 0 aliphatic carbocycles. The Hall–Kier alpha value is -0.870. The third-order valence-corrected chi connectivity index (χ3v) is 4.18. The van der Waals surface area contributed by atoms with Gasteiger partial charge in [0.1, 0.15) is 5.82 Å². The van der Waals surface area contributed by atoms with Crippen LogP contribution in [0.3, 0.4) is 0 Å². The van der Waals surface area contributed by atoms with Crippen molar-refractivity contribution in [2.24, 2.45) is 0 Å². The number of aromatic nitrogens is 2. The minimum atomic E-state index is -0.162. The van der Waals surface area contributed by atoms with Gasteiger partial charge in [0, 0.05) is 30.8 Å². The van der Waals surface area contributed by atoms with E-state index >= 15 is 0 Å². The Morgan fingerprint density at radius 3 is 2.76 bits per heavy atom. The first-order valence-electron chi connectivity index (χ1n) is 6.65. The number of aliphatic hydroxyl groups is 1. The molecular formula is C13H21N3O. The van der Waals surface area contributed by atoms with Crippen molar-refractivity contribution in [1.82, 2.24) is 14.5 Å². The number of nitrogens with zero attached hydrogens (tertiary/aromatic N) is 3. The van der Waals surface area contributed by atoms with Gasteiger partial charge in [-0.15, -0.1) is 0 Å². The maximum atomic E-state index is 9.66. The average Bonchev–Trinajstić information content (AvgIpc) is 2.73. The van der Waals surface area contributed by atoms with Crippen molar-refractivity contribution in [3.05, 3.63) is 17.7 Å². The lowest BCUT2D eigenvalue weighted by Crippen LogP contribution is -2.31. The number of rotatable bonds is 1. The molecule has 2 aliphatic heterocycles. The SMILES string of the molecule is CN1CCC(c2ncc3n2CCC(O)C3)CC1. The van der Waals surface area contributed by atoms with Gasteiger partial charge in [-0.3, -0.25) is 0 Å². The number of likely N-dealkylation sites (tertiary alicyclic amines) is 1. The number of fused-ring (bicyclic) bond motifs is 1. The monoisotopic (exact) mass is 235 g/mol. The highest BCUT2D eigenvalue weighted by Gasteiger charge is 2.26. The molecule has 1 atom stereocenters. The van der Waals surface area contributed by atoms with Crippen LogP contribution in [0.5, 0.6) is 0 Å². The Balaban J connectivity index is 1.80. The summed E-state index contributed by atoms with van der Waals surface area (Å²) in [5.41, 5.74) is 1.22. The van der Waals surface area contributed by atoms with Crippen LogP contribution in [-0.2, 0) is 13.0 Å². The minimum absolute atomic E-state index is 0.162. The standard InChI is InChI=1S/C13H21N3O/c1-15-5-2-10(3-6-15)13-14-9-11-8-12(17)4-7-16(11)13/h9-10,12,17H,2-8H2,1H3. The second kappa shape index (κ2) is 4.42. The summed E-state index contributed by atoms with van der Waals surface area (Å²) >= 11 is 0. The lowest BCUT2D eigenvalue weighted by atomic mass is 9.96. The van der Waals surface area contributed by atoms with Crippen molar-refractivity contribution in [1.29, 1.82) is 0 Å². The van der Waals surface area contributed by atoms with Crippen molar-refractivity contribution in [3.8, 4) is 0 Å². The summed E-state index contributed by atoms with van der Waals surface area (Å²) in [4.78, 5) is 7.00. The molecule has 94 valence electrons. The highest BCUT2D eigenvalue weighted by Crippen LogP contribution is 2.29.